The summed E-state index contributed by atoms with van der Waals surface area (Å²) in [5.74, 6) is -1.40. The second-order valence-electron chi connectivity index (χ2n) is 8.40. The van der Waals surface area contributed by atoms with E-state index in [-0.39, 0.29) is 23.9 Å². The normalized spacial score (nSPS) is 26.4. The lowest BCUT2D eigenvalue weighted by Gasteiger charge is -2.44. The van der Waals surface area contributed by atoms with Crippen LogP contribution in [0.4, 0.5) is 20.6 Å². The number of carbonyl (C=O) groups excluding carboxylic acids is 3. The molecule has 3 N–H and O–H groups in total. The number of anilines is 2. The zero-order valence-electron chi connectivity index (χ0n) is 17.6. The summed E-state index contributed by atoms with van der Waals surface area (Å²) in [7, 11) is 1.57. The van der Waals surface area contributed by atoms with Gasteiger partial charge in [-0.2, -0.15) is 0 Å². The third-order valence-electron chi connectivity index (χ3n) is 6.81. The maximum atomic E-state index is 13.5. The van der Waals surface area contributed by atoms with Gasteiger partial charge >= 0.3 is 6.03 Å². The van der Waals surface area contributed by atoms with Crippen LogP contribution >= 0.6 is 0 Å². The Kier molecular flexibility index (Phi) is 4.85. The van der Waals surface area contributed by atoms with E-state index in [1.54, 1.807) is 18.0 Å². The van der Waals surface area contributed by atoms with Gasteiger partial charge in [0, 0.05) is 49.7 Å². The average Bonchev–Trinajstić information content (AvgIpc) is 3.29. The summed E-state index contributed by atoms with van der Waals surface area (Å²) in [6.45, 7) is 1.19. The summed E-state index contributed by atoms with van der Waals surface area (Å²) in [6.07, 6.45) is 0.450. The van der Waals surface area contributed by atoms with Crippen molar-refractivity contribution in [2.75, 3.05) is 37.3 Å². The number of para-hydroxylation sites is 1. The quantitative estimate of drug-likeness (QED) is 0.670. The molecular weight excluding hydrogens is 413 g/mol. The van der Waals surface area contributed by atoms with Crippen molar-refractivity contribution >= 4 is 29.2 Å². The van der Waals surface area contributed by atoms with Crippen LogP contribution in [-0.4, -0.2) is 60.4 Å². The number of carbonyl (C=O) groups is 3. The molecule has 0 unspecified atom stereocenters. The van der Waals surface area contributed by atoms with Crippen molar-refractivity contribution in [2.45, 2.75) is 18.0 Å². The maximum absolute atomic E-state index is 13.5. The number of rotatable bonds is 2. The van der Waals surface area contributed by atoms with Crippen LogP contribution in [0.15, 0.2) is 48.5 Å². The fourth-order valence-corrected chi connectivity index (χ4v) is 5.48. The number of urea groups is 1. The van der Waals surface area contributed by atoms with Gasteiger partial charge < -0.3 is 20.9 Å². The van der Waals surface area contributed by atoms with E-state index in [1.165, 1.54) is 18.2 Å². The Hall–Kier alpha value is -3.46. The molecule has 4 amide bonds. The molecule has 0 aliphatic carbocycles. The molecule has 8 nitrogen and oxygen atoms in total. The number of hydrogen-bond acceptors (Lipinski definition) is 4. The molecule has 2 fully saturated rings. The van der Waals surface area contributed by atoms with Crippen LogP contribution in [-0.2, 0) is 15.1 Å². The summed E-state index contributed by atoms with van der Waals surface area (Å²) in [6, 6.07) is 12.7. The molecule has 3 heterocycles. The Bertz CT molecular complexity index is 1110. The molecule has 2 aromatic rings. The van der Waals surface area contributed by atoms with E-state index < -0.39 is 17.3 Å². The van der Waals surface area contributed by atoms with Gasteiger partial charge in [0.15, 0.2) is 0 Å². The Morgan fingerprint density at radius 1 is 1.16 bits per heavy atom. The summed E-state index contributed by atoms with van der Waals surface area (Å²) < 4.78 is 13.5. The standard InChI is InChI=1S/C23H24FN5O3/c1-25-20(30)18-12-16-13-28(22(32)26-15-6-4-5-14(24)11-15)9-10-29(16)23(18)17-7-2-3-8-19(17)27-21(23)31/h2-8,11,16,18H,9-10,12-13H2,1H3,(H,25,30)(H,26,32)(H,27,31)/t16-,18+,23-/m1/s1. The highest BCUT2D eigenvalue weighted by Crippen LogP contribution is 2.53. The predicted molar refractivity (Wildman–Crippen MR) is 116 cm³/mol. The van der Waals surface area contributed by atoms with Gasteiger partial charge in [-0.05, 0) is 30.7 Å². The minimum Gasteiger partial charge on any atom is -0.359 e. The number of nitrogens with zero attached hydrogens (tertiary/aromatic N) is 2. The highest BCUT2D eigenvalue weighted by Gasteiger charge is 2.65. The predicted octanol–water partition coefficient (Wildman–Crippen LogP) is 1.96. The van der Waals surface area contributed by atoms with Crippen molar-refractivity contribution in [2.24, 2.45) is 5.92 Å². The zero-order valence-corrected chi connectivity index (χ0v) is 17.6. The van der Waals surface area contributed by atoms with Crippen LogP contribution in [0.2, 0.25) is 0 Å². The van der Waals surface area contributed by atoms with Crippen LogP contribution in [0, 0.1) is 11.7 Å². The molecular formula is C23H24FN5O3. The van der Waals surface area contributed by atoms with Gasteiger partial charge in [0.1, 0.15) is 11.4 Å². The first-order valence-corrected chi connectivity index (χ1v) is 10.7. The molecule has 3 aliphatic rings. The van der Waals surface area contributed by atoms with Crippen molar-refractivity contribution in [3.63, 3.8) is 0 Å². The van der Waals surface area contributed by atoms with Crippen molar-refractivity contribution in [1.29, 1.82) is 0 Å². The second kappa shape index (κ2) is 7.59. The molecule has 1 spiro atoms. The fraction of sp³-hybridized carbons (Fsp3) is 0.348. The van der Waals surface area contributed by atoms with Crippen molar-refractivity contribution < 1.29 is 18.8 Å². The van der Waals surface area contributed by atoms with E-state index in [1.807, 2.05) is 24.3 Å². The Morgan fingerprint density at radius 2 is 1.97 bits per heavy atom. The molecule has 0 aromatic heterocycles. The summed E-state index contributed by atoms with van der Waals surface area (Å²) in [5.41, 5.74) is 0.816. The minimum absolute atomic E-state index is 0.166. The van der Waals surface area contributed by atoms with Crippen LogP contribution < -0.4 is 16.0 Å². The molecule has 3 atom stereocenters. The second-order valence-corrected chi connectivity index (χ2v) is 8.40. The number of fused-ring (bicyclic) bond motifs is 4. The molecule has 32 heavy (non-hydrogen) atoms. The first-order valence-electron chi connectivity index (χ1n) is 10.7. The number of halogens is 1. The topological polar surface area (TPSA) is 93.8 Å². The first kappa shape index (κ1) is 20.4. The third kappa shape index (κ3) is 2.96. The number of amides is 4. The SMILES string of the molecule is CNC(=O)[C@@H]1C[C@@H]2CN(C(=O)Nc3cccc(F)c3)CCN2[C@@]12C(=O)Nc1ccccc12. The van der Waals surface area contributed by atoms with Gasteiger partial charge in [0.2, 0.25) is 11.8 Å². The monoisotopic (exact) mass is 437 g/mol. The fourth-order valence-electron chi connectivity index (χ4n) is 5.48. The lowest BCUT2D eigenvalue weighted by molar-refractivity contribution is -0.138. The molecule has 3 aliphatic heterocycles. The lowest BCUT2D eigenvalue weighted by atomic mass is 9.78. The number of nitrogens with one attached hydrogen (secondary N) is 3. The molecule has 0 saturated carbocycles. The van der Waals surface area contributed by atoms with Crippen LogP contribution in [0.1, 0.15) is 12.0 Å². The molecule has 0 bridgehead atoms. The van der Waals surface area contributed by atoms with Gasteiger partial charge in [-0.1, -0.05) is 24.3 Å². The zero-order chi connectivity index (χ0) is 22.5. The van der Waals surface area contributed by atoms with Gasteiger partial charge in [-0.3, -0.25) is 14.5 Å². The number of hydrogen-bond donors (Lipinski definition) is 3. The smallest absolute Gasteiger partial charge is 0.321 e. The summed E-state index contributed by atoms with van der Waals surface area (Å²) in [5, 5.41) is 8.41. The lowest BCUT2D eigenvalue weighted by Crippen LogP contribution is -2.61. The van der Waals surface area contributed by atoms with E-state index in [0.717, 1.165) is 11.3 Å². The van der Waals surface area contributed by atoms with Crippen LogP contribution in [0.5, 0.6) is 0 Å². The van der Waals surface area contributed by atoms with Crippen molar-refractivity contribution in [3.05, 3.63) is 59.9 Å². The molecule has 2 aromatic carbocycles. The highest BCUT2D eigenvalue weighted by atomic mass is 19.1. The summed E-state index contributed by atoms with van der Waals surface area (Å²) >= 11 is 0. The molecule has 0 radical (unpaired) electrons. The number of piperazine rings is 1. The van der Waals surface area contributed by atoms with Crippen LogP contribution in [0.3, 0.4) is 0 Å². The van der Waals surface area contributed by atoms with Gasteiger partial charge in [0.05, 0.1) is 5.92 Å². The average molecular weight is 437 g/mol. The molecule has 9 heteroatoms. The Labute approximate surface area is 184 Å². The van der Waals surface area contributed by atoms with E-state index in [4.69, 9.17) is 0 Å². The molecule has 5 rings (SSSR count). The van der Waals surface area contributed by atoms with Crippen molar-refractivity contribution in [1.82, 2.24) is 15.1 Å². The highest BCUT2D eigenvalue weighted by molar-refractivity contribution is 6.09. The third-order valence-corrected chi connectivity index (χ3v) is 6.81. The summed E-state index contributed by atoms with van der Waals surface area (Å²) in [4.78, 5) is 42.9. The van der Waals surface area contributed by atoms with Gasteiger partial charge in [0.25, 0.3) is 0 Å². The van der Waals surface area contributed by atoms with Gasteiger partial charge in [-0.25, -0.2) is 9.18 Å². The van der Waals surface area contributed by atoms with E-state index in [9.17, 15) is 18.8 Å². The van der Waals surface area contributed by atoms with Crippen LogP contribution in [0.25, 0.3) is 0 Å². The van der Waals surface area contributed by atoms with Gasteiger partial charge in [-0.15, -0.1) is 0 Å². The van der Waals surface area contributed by atoms with E-state index >= 15 is 0 Å². The minimum atomic E-state index is -1.09. The van der Waals surface area contributed by atoms with Crippen molar-refractivity contribution in [3.8, 4) is 0 Å². The first-order chi connectivity index (χ1) is 15.4. The van der Waals surface area contributed by atoms with E-state index in [0.29, 0.717) is 31.7 Å². The number of benzene rings is 2. The Morgan fingerprint density at radius 3 is 2.75 bits per heavy atom. The largest absolute Gasteiger partial charge is 0.359 e. The maximum Gasteiger partial charge on any atom is 0.321 e. The molecule has 166 valence electrons. The Balaban J connectivity index is 1.43. The van der Waals surface area contributed by atoms with E-state index in [2.05, 4.69) is 20.9 Å². The molecule has 2 saturated heterocycles.